The lowest BCUT2D eigenvalue weighted by molar-refractivity contribution is 0.0289. The molecule has 1 aliphatic rings. The zero-order chi connectivity index (χ0) is 11.3. The van der Waals surface area contributed by atoms with Gasteiger partial charge >= 0.3 is 0 Å². The highest BCUT2D eigenvalue weighted by atomic mass is 16.5. The summed E-state index contributed by atoms with van der Waals surface area (Å²) in [5, 5.41) is 9.62. The minimum atomic E-state index is -0.391. The van der Waals surface area contributed by atoms with Crippen LogP contribution in [0.4, 0.5) is 0 Å². The summed E-state index contributed by atoms with van der Waals surface area (Å²) in [7, 11) is 3.67. The normalized spacial score (nSPS) is 29.4. The summed E-state index contributed by atoms with van der Waals surface area (Å²) in [6.45, 7) is 1.08. The number of nitrogens with zero attached hydrogens (tertiary/aromatic N) is 1. The van der Waals surface area contributed by atoms with E-state index in [2.05, 4.69) is 11.9 Å². The summed E-state index contributed by atoms with van der Waals surface area (Å²) in [4.78, 5) is 2.21. The van der Waals surface area contributed by atoms with Crippen LogP contribution in [0.25, 0.3) is 0 Å². The van der Waals surface area contributed by atoms with Crippen LogP contribution in [0.1, 0.15) is 25.7 Å². The summed E-state index contributed by atoms with van der Waals surface area (Å²) in [6, 6.07) is 0.867. The zero-order valence-electron chi connectivity index (χ0n) is 9.85. The van der Waals surface area contributed by atoms with Crippen LogP contribution >= 0.6 is 0 Å². The van der Waals surface area contributed by atoms with E-state index in [0.717, 1.165) is 12.8 Å². The Hall–Kier alpha value is -0.160. The molecule has 90 valence electrons. The molecule has 1 saturated carbocycles. The van der Waals surface area contributed by atoms with Crippen molar-refractivity contribution >= 4 is 0 Å². The van der Waals surface area contributed by atoms with Crippen LogP contribution in [0.5, 0.6) is 0 Å². The lowest BCUT2D eigenvalue weighted by atomic mass is 9.90. The van der Waals surface area contributed by atoms with Gasteiger partial charge in [0.1, 0.15) is 0 Å². The number of methoxy groups -OCH3 is 1. The molecule has 4 nitrogen and oxygen atoms in total. The van der Waals surface area contributed by atoms with E-state index >= 15 is 0 Å². The maximum Gasteiger partial charge on any atom is 0.0900 e. The molecule has 0 saturated heterocycles. The Labute approximate surface area is 92.4 Å². The van der Waals surface area contributed by atoms with Crippen LogP contribution in [0, 0.1) is 0 Å². The van der Waals surface area contributed by atoms with E-state index in [4.69, 9.17) is 10.5 Å². The molecular formula is C11H24N2O2. The molecule has 0 radical (unpaired) electrons. The average Bonchev–Trinajstić information content (AvgIpc) is 2.18. The summed E-state index contributed by atoms with van der Waals surface area (Å²) in [6.07, 6.45) is 4.21. The molecule has 0 bridgehead atoms. The Balaban J connectivity index is 2.28. The van der Waals surface area contributed by atoms with Gasteiger partial charge in [-0.2, -0.15) is 0 Å². The number of hydrogen-bond donors (Lipinski definition) is 2. The van der Waals surface area contributed by atoms with Crippen molar-refractivity contribution in [2.45, 2.75) is 43.9 Å². The van der Waals surface area contributed by atoms with Gasteiger partial charge in [-0.3, -0.25) is 0 Å². The third kappa shape index (κ3) is 4.47. The summed E-state index contributed by atoms with van der Waals surface area (Å²) in [5.41, 5.74) is 5.94. The molecule has 4 heteroatoms. The molecule has 0 heterocycles. The van der Waals surface area contributed by atoms with Crippen molar-refractivity contribution < 1.29 is 9.84 Å². The lowest BCUT2D eigenvalue weighted by Crippen LogP contribution is -2.44. The van der Waals surface area contributed by atoms with Crippen LogP contribution in [0.3, 0.4) is 0 Å². The molecule has 0 aromatic heterocycles. The first kappa shape index (κ1) is 12.9. The Morgan fingerprint density at radius 3 is 2.87 bits per heavy atom. The van der Waals surface area contributed by atoms with Gasteiger partial charge in [0.2, 0.25) is 0 Å². The largest absolute Gasteiger partial charge is 0.389 e. The first-order valence-corrected chi connectivity index (χ1v) is 5.76. The van der Waals surface area contributed by atoms with Crippen LogP contribution in [0.15, 0.2) is 0 Å². The fraction of sp³-hybridized carbons (Fsp3) is 1.00. The van der Waals surface area contributed by atoms with Gasteiger partial charge in [-0.25, -0.2) is 0 Å². The number of aliphatic hydroxyl groups excluding tert-OH is 1. The molecule has 0 spiro atoms. The highest BCUT2D eigenvalue weighted by Gasteiger charge is 2.23. The Morgan fingerprint density at radius 2 is 2.27 bits per heavy atom. The molecule has 0 aromatic rings. The SMILES string of the molecule is COCC(O)CN(C)C1CCCC(N)C1. The van der Waals surface area contributed by atoms with E-state index in [1.54, 1.807) is 7.11 Å². The summed E-state index contributed by atoms with van der Waals surface area (Å²) < 4.78 is 4.91. The molecule has 1 fully saturated rings. The quantitative estimate of drug-likeness (QED) is 0.689. The van der Waals surface area contributed by atoms with E-state index in [0.29, 0.717) is 25.2 Å². The predicted octanol–water partition coefficient (Wildman–Crippen LogP) is 0.195. The first-order chi connectivity index (χ1) is 7.13. The van der Waals surface area contributed by atoms with Crippen molar-refractivity contribution in [3.8, 4) is 0 Å². The molecular weight excluding hydrogens is 192 g/mol. The van der Waals surface area contributed by atoms with E-state index in [1.165, 1.54) is 12.8 Å². The van der Waals surface area contributed by atoms with Crippen molar-refractivity contribution in [3.05, 3.63) is 0 Å². The second-order valence-electron chi connectivity index (χ2n) is 4.63. The van der Waals surface area contributed by atoms with E-state index in [-0.39, 0.29) is 0 Å². The standard InChI is InChI=1S/C11H24N2O2/c1-13(7-11(14)8-15-2)10-5-3-4-9(12)6-10/h9-11,14H,3-8,12H2,1-2H3. The van der Waals surface area contributed by atoms with Crippen LogP contribution in [0.2, 0.25) is 0 Å². The third-order valence-corrected chi connectivity index (χ3v) is 3.17. The van der Waals surface area contributed by atoms with Gasteiger partial charge in [0.25, 0.3) is 0 Å². The van der Waals surface area contributed by atoms with Crippen molar-refractivity contribution in [2.75, 3.05) is 27.3 Å². The third-order valence-electron chi connectivity index (χ3n) is 3.17. The number of likely N-dealkylation sites (N-methyl/N-ethyl adjacent to an activating group) is 1. The van der Waals surface area contributed by atoms with Crippen molar-refractivity contribution in [1.82, 2.24) is 4.90 Å². The highest BCUT2D eigenvalue weighted by molar-refractivity contribution is 4.81. The smallest absolute Gasteiger partial charge is 0.0900 e. The molecule has 0 aromatic carbocycles. The van der Waals surface area contributed by atoms with Crippen LogP contribution in [-0.2, 0) is 4.74 Å². The second-order valence-corrected chi connectivity index (χ2v) is 4.63. The molecule has 0 amide bonds. The lowest BCUT2D eigenvalue weighted by Gasteiger charge is -2.34. The first-order valence-electron chi connectivity index (χ1n) is 5.76. The van der Waals surface area contributed by atoms with Crippen molar-refractivity contribution in [1.29, 1.82) is 0 Å². The molecule has 0 aliphatic heterocycles. The Bertz CT molecular complexity index is 178. The van der Waals surface area contributed by atoms with Gasteiger partial charge in [0.05, 0.1) is 12.7 Å². The van der Waals surface area contributed by atoms with Crippen molar-refractivity contribution in [3.63, 3.8) is 0 Å². The van der Waals surface area contributed by atoms with Gasteiger partial charge in [-0.1, -0.05) is 6.42 Å². The fourth-order valence-electron chi connectivity index (χ4n) is 2.33. The number of aliphatic hydroxyl groups is 1. The second kappa shape index (κ2) is 6.43. The zero-order valence-corrected chi connectivity index (χ0v) is 9.85. The molecule has 1 aliphatic carbocycles. The van der Waals surface area contributed by atoms with Gasteiger partial charge < -0.3 is 20.5 Å². The molecule has 15 heavy (non-hydrogen) atoms. The van der Waals surface area contributed by atoms with Crippen LogP contribution < -0.4 is 5.73 Å². The predicted molar refractivity (Wildman–Crippen MR) is 60.7 cm³/mol. The monoisotopic (exact) mass is 216 g/mol. The maximum atomic E-state index is 9.62. The average molecular weight is 216 g/mol. The van der Waals surface area contributed by atoms with Gasteiger partial charge in [0, 0.05) is 25.7 Å². The van der Waals surface area contributed by atoms with Crippen molar-refractivity contribution in [2.24, 2.45) is 5.73 Å². The van der Waals surface area contributed by atoms with Gasteiger partial charge in [-0.15, -0.1) is 0 Å². The number of ether oxygens (including phenoxy) is 1. The Morgan fingerprint density at radius 1 is 1.53 bits per heavy atom. The molecule has 3 N–H and O–H groups in total. The summed E-state index contributed by atoms with van der Waals surface area (Å²) in [5.74, 6) is 0. The molecule has 3 atom stereocenters. The number of hydrogen-bond acceptors (Lipinski definition) is 4. The molecule has 1 rings (SSSR count). The van der Waals surface area contributed by atoms with Gasteiger partial charge in [-0.05, 0) is 26.3 Å². The van der Waals surface area contributed by atoms with Gasteiger partial charge in [0.15, 0.2) is 0 Å². The van der Waals surface area contributed by atoms with E-state index in [1.807, 2.05) is 0 Å². The van der Waals surface area contributed by atoms with Crippen LogP contribution in [-0.4, -0.2) is 55.5 Å². The van der Waals surface area contributed by atoms with E-state index < -0.39 is 6.10 Å². The molecule has 3 unspecified atom stereocenters. The fourth-order valence-corrected chi connectivity index (χ4v) is 2.33. The number of nitrogens with two attached hydrogens (primary N) is 1. The van der Waals surface area contributed by atoms with E-state index in [9.17, 15) is 5.11 Å². The number of rotatable bonds is 5. The minimum absolute atomic E-state index is 0.339. The Kier molecular flexibility index (Phi) is 5.53. The maximum absolute atomic E-state index is 9.62. The highest BCUT2D eigenvalue weighted by Crippen LogP contribution is 2.21. The minimum Gasteiger partial charge on any atom is -0.389 e. The topological polar surface area (TPSA) is 58.7 Å². The summed E-state index contributed by atoms with van der Waals surface area (Å²) >= 11 is 0.